The Hall–Kier alpha value is -7.83. The highest BCUT2D eigenvalue weighted by Gasteiger charge is 2.45. The Morgan fingerprint density at radius 1 is 1.01 bits per heavy atom. The molecule has 3 aliphatic rings. The summed E-state index contributed by atoms with van der Waals surface area (Å²) in [6, 6.07) is 11.6. The number of piperazine rings is 1. The zero-order valence-electron chi connectivity index (χ0n) is 38.0. The molecule has 4 heterocycles. The number of imide groups is 2. The van der Waals surface area contributed by atoms with Crippen molar-refractivity contribution >= 4 is 64.9 Å². The van der Waals surface area contributed by atoms with Crippen LogP contribution < -0.4 is 20.9 Å². The Bertz CT molecular complexity index is 2760. The quantitative estimate of drug-likeness (QED) is 0.0310. The summed E-state index contributed by atoms with van der Waals surface area (Å²) in [5.74, 6) is -5.25. The number of unbranched alkanes of at least 4 members (excludes halogenated alkanes) is 1. The number of phenolic OH excluding ortho intramolecular Hbond substituents is 1. The number of carbonyl (C=O) groups excluding carboxylic acids is 7. The van der Waals surface area contributed by atoms with Crippen LogP contribution in [0.15, 0.2) is 72.2 Å². The number of amidine groups is 1. The van der Waals surface area contributed by atoms with Gasteiger partial charge in [0.15, 0.2) is 11.6 Å². The Balaban J connectivity index is 1.06. The van der Waals surface area contributed by atoms with Crippen molar-refractivity contribution in [3.8, 4) is 17.0 Å². The van der Waals surface area contributed by atoms with Gasteiger partial charge in [0.05, 0.1) is 27.9 Å². The first-order chi connectivity index (χ1) is 32.6. The van der Waals surface area contributed by atoms with E-state index in [0.717, 1.165) is 17.0 Å². The minimum atomic E-state index is -1.09. The first-order valence-corrected chi connectivity index (χ1v) is 22.1. The van der Waals surface area contributed by atoms with E-state index in [4.69, 9.17) is 0 Å². The number of halogens is 2. The molecule has 7 rings (SSSR count). The molecule has 0 bridgehead atoms. The van der Waals surface area contributed by atoms with Crippen LogP contribution in [0.5, 0.6) is 5.75 Å². The maximum absolute atomic E-state index is 16.3. The summed E-state index contributed by atoms with van der Waals surface area (Å²) in [5, 5.41) is 19.0. The highest BCUT2D eigenvalue weighted by molar-refractivity contribution is 6.25. The van der Waals surface area contributed by atoms with Gasteiger partial charge in [0.25, 0.3) is 11.8 Å². The van der Waals surface area contributed by atoms with Gasteiger partial charge in [-0.3, -0.25) is 53.7 Å². The second kappa shape index (κ2) is 20.4. The molecule has 7 amide bonds. The number of amides is 7. The lowest BCUT2D eigenvalue weighted by atomic mass is 10.00. The number of pyridine rings is 1. The molecule has 2 unspecified atom stereocenters. The number of rotatable bonds is 15. The number of piperidine rings is 1. The molecule has 3 aromatic carbocycles. The van der Waals surface area contributed by atoms with E-state index < -0.39 is 58.3 Å². The third-order valence-corrected chi connectivity index (χ3v) is 12.4. The topological polar surface area (TPSA) is 214 Å². The van der Waals surface area contributed by atoms with Gasteiger partial charge in [0.1, 0.15) is 29.1 Å². The molecule has 354 valence electrons. The molecular weight excluding hydrogens is 881 g/mol. The number of aromatic nitrogens is 1. The Labute approximate surface area is 390 Å². The van der Waals surface area contributed by atoms with Crippen LogP contribution in [-0.4, -0.2) is 118 Å². The number of hydrogen-bond donors (Lipinski definition) is 4. The number of phenols is 1. The minimum Gasteiger partial charge on any atom is -0.507 e. The number of nitrogens with zero attached hydrogens (tertiary/aromatic N) is 6. The average molecular weight is 932 g/mol. The van der Waals surface area contributed by atoms with E-state index in [9.17, 15) is 38.7 Å². The molecule has 68 heavy (non-hydrogen) atoms. The number of aromatic hydroxyl groups is 1. The van der Waals surface area contributed by atoms with Gasteiger partial charge in [0.2, 0.25) is 30.0 Å². The highest BCUT2D eigenvalue weighted by atomic mass is 19.1. The van der Waals surface area contributed by atoms with E-state index in [1.807, 2.05) is 11.8 Å². The van der Waals surface area contributed by atoms with Crippen molar-refractivity contribution in [3.63, 3.8) is 0 Å². The van der Waals surface area contributed by atoms with Gasteiger partial charge >= 0.3 is 0 Å². The molecule has 4 aromatic rings. The lowest BCUT2D eigenvalue weighted by Crippen LogP contribution is -2.55. The molecule has 0 radical (unpaired) electrons. The third kappa shape index (κ3) is 9.41. The number of anilines is 3. The third-order valence-electron chi connectivity index (χ3n) is 12.4. The van der Waals surface area contributed by atoms with Crippen molar-refractivity contribution < 1.29 is 47.4 Å². The molecule has 0 aliphatic carbocycles. The van der Waals surface area contributed by atoms with E-state index in [1.54, 1.807) is 43.0 Å². The monoisotopic (exact) mass is 931 g/mol. The van der Waals surface area contributed by atoms with Crippen LogP contribution in [0, 0.1) is 25.5 Å². The summed E-state index contributed by atoms with van der Waals surface area (Å²) in [7, 11) is 1.50. The van der Waals surface area contributed by atoms with Crippen LogP contribution in [0.3, 0.4) is 0 Å². The van der Waals surface area contributed by atoms with Gasteiger partial charge in [-0.1, -0.05) is 30.8 Å². The average Bonchev–Trinajstić information content (AvgIpc) is 3.57. The van der Waals surface area contributed by atoms with Crippen LogP contribution in [0.1, 0.15) is 82.0 Å². The van der Waals surface area contributed by atoms with Gasteiger partial charge in [0, 0.05) is 64.3 Å². The molecule has 2 saturated heterocycles. The number of carbonyl (C=O) groups is 7. The summed E-state index contributed by atoms with van der Waals surface area (Å²) < 4.78 is 31.6. The molecule has 2 atom stereocenters. The highest BCUT2D eigenvalue weighted by Crippen LogP contribution is 2.39. The molecule has 4 N–H and O–H groups in total. The first kappa shape index (κ1) is 48.1. The van der Waals surface area contributed by atoms with Crippen LogP contribution in [0.2, 0.25) is 0 Å². The van der Waals surface area contributed by atoms with E-state index in [1.165, 1.54) is 36.2 Å². The van der Waals surface area contributed by atoms with Crippen molar-refractivity contribution in [2.75, 3.05) is 43.4 Å². The normalized spacial score (nSPS) is 17.2. The fourth-order valence-electron chi connectivity index (χ4n) is 8.98. The maximum atomic E-state index is 16.3. The van der Waals surface area contributed by atoms with E-state index in [-0.39, 0.29) is 72.0 Å². The lowest BCUT2D eigenvalue weighted by Gasteiger charge is -2.41. The number of aliphatic imine (C=N–C) groups is 1. The van der Waals surface area contributed by atoms with Crippen LogP contribution >= 0.6 is 0 Å². The first-order valence-electron chi connectivity index (χ1n) is 22.1. The number of nitrogens with one attached hydrogen (secondary N) is 3. The summed E-state index contributed by atoms with van der Waals surface area (Å²) in [4.78, 5) is 105. The number of aryl methyl sites for hydroxylation is 1. The molecule has 17 nitrogen and oxygen atoms in total. The van der Waals surface area contributed by atoms with E-state index >= 15 is 8.78 Å². The predicted molar refractivity (Wildman–Crippen MR) is 248 cm³/mol. The van der Waals surface area contributed by atoms with Gasteiger partial charge in [-0.15, -0.1) is 0 Å². The van der Waals surface area contributed by atoms with Gasteiger partial charge in [-0.2, -0.15) is 0 Å². The van der Waals surface area contributed by atoms with Crippen molar-refractivity contribution in [1.82, 2.24) is 30.3 Å². The molecule has 0 saturated carbocycles. The van der Waals surface area contributed by atoms with E-state index in [0.29, 0.717) is 73.5 Å². The Morgan fingerprint density at radius 2 is 1.78 bits per heavy atom. The molecule has 0 spiro atoms. The second-order valence-electron chi connectivity index (χ2n) is 16.7. The van der Waals surface area contributed by atoms with Crippen molar-refractivity contribution in [3.05, 3.63) is 112 Å². The smallest absolute Gasteiger partial charge is 0.264 e. The zero-order chi connectivity index (χ0) is 49.0. The standard InChI is InChI=1S/C49H51F2N9O8/c1-6-40(65)57-21-22-58(28(3)25-57)45(52-5)32-23-34(51)43(42-33(50)12-10-14-37(42)62)56-46(32)59(26-61)44-27(2)16-17-30(29(44)4)24-54-38(63)15-7-8-20-53-35-13-9-11-31-41(35)49(68)60(48(31)67)36-18-19-39(64)55-47(36)66/h6,9-14,16-17,23,26,28,36,53,62H,1,7-8,15,18-22,24-25H2,2-5H3,(H,54,63)(H,55,64,66)/b52-45+. The van der Waals surface area contributed by atoms with Gasteiger partial charge in [-0.05, 0) is 93.1 Å². The SMILES string of the molecule is C=CC(=O)N1CCN(/C(=N/C)c2cc(F)c(-c3c(O)cccc3F)nc2N(C=O)c2c(C)ccc(CNC(=O)CCCCNc3cccc4c3C(=O)N(C3CCC(=O)NC3=O)C4=O)c2C)C(C)C1. The summed E-state index contributed by atoms with van der Waals surface area (Å²) >= 11 is 0. The minimum absolute atomic E-state index is 0.00852. The summed E-state index contributed by atoms with van der Waals surface area (Å²) in [6.07, 6.45) is 2.91. The number of hydrogen-bond acceptors (Lipinski definition) is 11. The van der Waals surface area contributed by atoms with Gasteiger partial charge in [-0.25, -0.2) is 13.8 Å². The molecule has 19 heteroatoms. The molecule has 1 aromatic heterocycles. The largest absolute Gasteiger partial charge is 0.507 e. The fourth-order valence-corrected chi connectivity index (χ4v) is 8.98. The lowest BCUT2D eigenvalue weighted by molar-refractivity contribution is -0.136. The van der Waals surface area contributed by atoms with Gasteiger partial charge < -0.3 is 25.5 Å². The fraction of sp³-hybridized carbons (Fsp3) is 0.327. The second-order valence-corrected chi connectivity index (χ2v) is 16.7. The molecular formula is C49H51F2N9O8. The number of fused-ring (bicyclic) bond motifs is 1. The van der Waals surface area contributed by atoms with Crippen molar-refractivity contribution in [2.24, 2.45) is 4.99 Å². The predicted octanol–water partition coefficient (Wildman–Crippen LogP) is 5.04. The molecule has 2 fully saturated rings. The Morgan fingerprint density at radius 3 is 2.47 bits per heavy atom. The van der Waals surface area contributed by atoms with E-state index in [2.05, 4.69) is 32.5 Å². The summed E-state index contributed by atoms with van der Waals surface area (Å²) in [5.41, 5.74) is 1.94. The van der Waals surface area contributed by atoms with Crippen LogP contribution in [0.4, 0.5) is 26.0 Å². The zero-order valence-corrected chi connectivity index (χ0v) is 38.0. The van der Waals surface area contributed by atoms with Crippen LogP contribution in [-0.2, 0) is 30.5 Å². The van der Waals surface area contributed by atoms with Crippen molar-refractivity contribution in [2.45, 2.75) is 71.5 Å². The maximum Gasteiger partial charge on any atom is 0.264 e. The van der Waals surface area contributed by atoms with Crippen molar-refractivity contribution in [1.29, 1.82) is 0 Å². The molecule has 3 aliphatic heterocycles. The Kier molecular flexibility index (Phi) is 14.4. The van der Waals surface area contributed by atoms with Crippen LogP contribution in [0.25, 0.3) is 11.3 Å². The number of benzene rings is 3. The summed E-state index contributed by atoms with van der Waals surface area (Å²) in [6.45, 7) is 10.3.